The standard InChI is InChI=1S/C19H19N3O2S2/c1-13-3-7-15(8-4-13)18-21-22-19(26-18)20-17(23)12-25-11-14-5-9-16(24-2)10-6-14/h3-10H,11-12H2,1-2H3,(H,20,22,23). The molecule has 2 aromatic carbocycles. The fourth-order valence-electron chi connectivity index (χ4n) is 2.23. The molecule has 1 amide bonds. The van der Waals surface area contributed by atoms with E-state index in [1.54, 1.807) is 18.9 Å². The van der Waals surface area contributed by atoms with Crippen LogP contribution in [-0.2, 0) is 10.5 Å². The number of ether oxygens (including phenoxy) is 1. The number of aromatic nitrogens is 2. The van der Waals surface area contributed by atoms with Crippen LogP contribution < -0.4 is 10.1 Å². The summed E-state index contributed by atoms with van der Waals surface area (Å²) < 4.78 is 5.14. The van der Waals surface area contributed by atoms with Gasteiger partial charge in [-0.2, -0.15) is 0 Å². The molecule has 0 aliphatic heterocycles. The SMILES string of the molecule is COc1ccc(CSCC(=O)Nc2nnc(-c3ccc(C)cc3)s2)cc1. The second kappa shape index (κ2) is 8.82. The lowest BCUT2D eigenvalue weighted by Gasteiger charge is -2.04. The summed E-state index contributed by atoms with van der Waals surface area (Å²) in [5.41, 5.74) is 3.35. The zero-order valence-electron chi connectivity index (χ0n) is 14.6. The molecule has 26 heavy (non-hydrogen) atoms. The largest absolute Gasteiger partial charge is 0.497 e. The van der Waals surface area contributed by atoms with Crippen molar-refractivity contribution >= 4 is 34.1 Å². The van der Waals surface area contributed by atoms with Crippen molar-refractivity contribution < 1.29 is 9.53 Å². The summed E-state index contributed by atoms with van der Waals surface area (Å²) in [5.74, 6) is 1.89. The highest BCUT2D eigenvalue weighted by Crippen LogP contribution is 2.26. The van der Waals surface area contributed by atoms with Crippen molar-refractivity contribution in [2.45, 2.75) is 12.7 Å². The number of benzene rings is 2. The monoisotopic (exact) mass is 385 g/mol. The molecule has 0 aliphatic carbocycles. The van der Waals surface area contributed by atoms with Crippen molar-refractivity contribution in [2.75, 3.05) is 18.2 Å². The summed E-state index contributed by atoms with van der Waals surface area (Å²) in [6.45, 7) is 2.04. The summed E-state index contributed by atoms with van der Waals surface area (Å²) in [4.78, 5) is 12.1. The van der Waals surface area contributed by atoms with Crippen molar-refractivity contribution in [1.29, 1.82) is 0 Å². The topological polar surface area (TPSA) is 64.1 Å². The van der Waals surface area contributed by atoms with Gasteiger partial charge >= 0.3 is 0 Å². The number of aryl methyl sites for hydroxylation is 1. The molecule has 0 aliphatic rings. The maximum absolute atomic E-state index is 12.1. The molecule has 1 N–H and O–H groups in total. The van der Waals surface area contributed by atoms with E-state index in [-0.39, 0.29) is 5.91 Å². The molecule has 3 aromatic rings. The average molecular weight is 386 g/mol. The first-order valence-electron chi connectivity index (χ1n) is 8.05. The summed E-state index contributed by atoms with van der Waals surface area (Å²) in [6, 6.07) is 15.9. The van der Waals surface area contributed by atoms with E-state index in [1.165, 1.54) is 16.9 Å². The van der Waals surface area contributed by atoms with E-state index >= 15 is 0 Å². The second-order valence-electron chi connectivity index (χ2n) is 5.67. The minimum Gasteiger partial charge on any atom is -0.497 e. The number of thioether (sulfide) groups is 1. The Balaban J connectivity index is 1.48. The van der Waals surface area contributed by atoms with Crippen molar-refractivity contribution in [3.8, 4) is 16.3 Å². The molecule has 0 saturated carbocycles. The fraction of sp³-hybridized carbons (Fsp3) is 0.211. The van der Waals surface area contributed by atoms with Crippen LogP contribution >= 0.6 is 23.1 Å². The van der Waals surface area contributed by atoms with Gasteiger partial charge in [-0.15, -0.1) is 22.0 Å². The van der Waals surface area contributed by atoms with Gasteiger partial charge in [0.2, 0.25) is 11.0 Å². The number of nitrogens with zero attached hydrogens (tertiary/aromatic N) is 2. The highest BCUT2D eigenvalue weighted by molar-refractivity contribution is 7.99. The maximum atomic E-state index is 12.1. The van der Waals surface area contributed by atoms with Gasteiger partial charge in [0.05, 0.1) is 12.9 Å². The Morgan fingerprint density at radius 3 is 2.54 bits per heavy atom. The van der Waals surface area contributed by atoms with Gasteiger partial charge in [-0.05, 0) is 24.6 Å². The van der Waals surface area contributed by atoms with Crippen LogP contribution in [0.25, 0.3) is 10.6 Å². The van der Waals surface area contributed by atoms with Gasteiger partial charge in [-0.25, -0.2) is 0 Å². The molecule has 5 nitrogen and oxygen atoms in total. The first-order chi connectivity index (χ1) is 12.6. The molecule has 3 rings (SSSR count). The lowest BCUT2D eigenvalue weighted by molar-refractivity contribution is -0.113. The first kappa shape index (κ1) is 18.4. The Bertz CT molecular complexity index is 861. The van der Waals surface area contributed by atoms with Crippen molar-refractivity contribution in [3.05, 3.63) is 59.7 Å². The van der Waals surface area contributed by atoms with Crippen LogP contribution in [0.2, 0.25) is 0 Å². The van der Waals surface area contributed by atoms with Gasteiger partial charge in [0.15, 0.2) is 0 Å². The number of hydrogen-bond acceptors (Lipinski definition) is 6. The van der Waals surface area contributed by atoms with Gasteiger partial charge in [0.25, 0.3) is 0 Å². The lowest BCUT2D eigenvalue weighted by Crippen LogP contribution is -2.13. The van der Waals surface area contributed by atoms with Crippen LogP contribution in [0, 0.1) is 6.92 Å². The van der Waals surface area contributed by atoms with Crippen molar-refractivity contribution in [1.82, 2.24) is 10.2 Å². The highest BCUT2D eigenvalue weighted by Gasteiger charge is 2.10. The minimum absolute atomic E-state index is 0.0740. The third-order valence-electron chi connectivity index (χ3n) is 3.63. The van der Waals surface area contributed by atoms with E-state index in [0.29, 0.717) is 10.9 Å². The van der Waals surface area contributed by atoms with Crippen LogP contribution in [-0.4, -0.2) is 29.0 Å². The molecule has 0 fully saturated rings. The number of hydrogen-bond donors (Lipinski definition) is 1. The number of anilines is 1. The van der Waals surface area contributed by atoms with Gasteiger partial charge < -0.3 is 4.74 Å². The van der Waals surface area contributed by atoms with Crippen LogP contribution in [0.5, 0.6) is 5.75 Å². The molecule has 1 aromatic heterocycles. The van der Waals surface area contributed by atoms with E-state index in [2.05, 4.69) is 15.5 Å². The minimum atomic E-state index is -0.0740. The predicted octanol–water partition coefficient (Wildman–Crippen LogP) is 4.39. The number of carbonyl (C=O) groups is 1. The summed E-state index contributed by atoms with van der Waals surface area (Å²) >= 11 is 2.93. The number of carbonyl (C=O) groups excluding carboxylic acids is 1. The number of methoxy groups -OCH3 is 1. The van der Waals surface area contributed by atoms with E-state index in [0.717, 1.165) is 27.6 Å². The summed E-state index contributed by atoms with van der Waals surface area (Å²) in [7, 11) is 1.64. The van der Waals surface area contributed by atoms with Crippen LogP contribution in [0.3, 0.4) is 0 Å². The molecule has 0 radical (unpaired) electrons. The average Bonchev–Trinajstić information content (AvgIpc) is 3.11. The lowest BCUT2D eigenvalue weighted by atomic mass is 10.2. The Morgan fingerprint density at radius 2 is 1.85 bits per heavy atom. The Labute approximate surface area is 160 Å². The number of rotatable bonds is 7. The third-order valence-corrected chi connectivity index (χ3v) is 5.52. The summed E-state index contributed by atoms with van der Waals surface area (Å²) in [5, 5.41) is 12.3. The fourth-order valence-corrected chi connectivity index (χ4v) is 3.78. The molecule has 0 bridgehead atoms. The summed E-state index contributed by atoms with van der Waals surface area (Å²) in [6.07, 6.45) is 0. The van der Waals surface area contributed by atoms with E-state index in [4.69, 9.17) is 4.74 Å². The van der Waals surface area contributed by atoms with Gasteiger partial charge in [0.1, 0.15) is 10.8 Å². The number of amides is 1. The zero-order chi connectivity index (χ0) is 18.4. The van der Waals surface area contributed by atoms with Crippen LogP contribution in [0.1, 0.15) is 11.1 Å². The zero-order valence-corrected chi connectivity index (χ0v) is 16.2. The molecule has 134 valence electrons. The van der Waals surface area contributed by atoms with Gasteiger partial charge in [-0.3, -0.25) is 10.1 Å². The van der Waals surface area contributed by atoms with E-state index < -0.39 is 0 Å². The van der Waals surface area contributed by atoms with Crippen LogP contribution in [0.15, 0.2) is 48.5 Å². The molecular weight excluding hydrogens is 366 g/mol. The van der Waals surface area contributed by atoms with Gasteiger partial charge in [-0.1, -0.05) is 53.3 Å². The number of nitrogens with one attached hydrogen (secondary N) is 1. The van der Waals surface area contributed by atoms with Gasteiger partial charge in [0, 0.05) is 11.3 Å². The molecule has 0 saturated heterocycles. The second-order valence-corrected chi connectivity index (χ2v) is 7.63. The molecule has 0 atom stereocenters. The van der Waals surface area contributed by atoms with E-state index in [1.807, 2.05) is 55.5 Å². The molecular formula is C19H19N3O2S2. The Kier molecular flexibility index (Phi) is 6.25. The highest BCUT2D eigenvalue weighted by atomic mass is 32.2. The quantitative estimate of drug-likeness (QED) is 0.653. The normalized spacial score (nSPS) is 10.5. The Morgan fingerprint density at radius 1 is 1.12 bits per heavy atom. The van der Waals surface area contributed by atoms with E-state index in [9.17, 15) is 4.79 Å². The molecule has 0 unspecified atom stereocenters. The Hall–Kier alpha value is -2.38. The smallest absolute Gasteiger partial charge is 0.236 e. The molecule has 7 heteroatoms. The van der Waals surface area contributed by atoms with Crippen LogP contribution in [0.4, 0.5) is 5.13 Å². The molecule has 1 heterocycles. The van der Waals surface area contributed by atoms with Crippen molar-refractivity contribution in [2.24, 2.45) is 0 Å². The predicted molar refractivity (Wildman–Crippen MR) is 108 cm³/mol. The van der Waals surface area contributed by atoms with Crippen molar-refractivity contribution in [3.63, 3.8) is 0 Å². The first-order valence-corrected chi connectivity index (χ1v) is 10.0. The maximum Gasteiger partial charge on any atom is 0.236 e. The third kappa shape index (κ3) is 5.06. The molecule has 0 spiro atoms.